The first-order valence-corrected chi connectivity index (χ1v) is 4.38. The van der Waals surface area contributed by atoms with Gasteiger partial charge < -0.3 is 9.47 Å². The Hall–Kier alpha value is -0.670. The zero-order valence-corrected chi connectivity index (χ0v) is 8.59. The van der Waals surface area contributed by atoms with Gasteiger partial charge in [-0.05, 0) is 18.6 Å². The van der Waals surface area contributed by atoms with E-state index in [1.165, 1.54) is 0 Å². The molecule has 3 heteroatoms. The summed E-state index contributed by atoms with van der Waals surface area (Å²) in [4.78, 5) is 11.2. The van der Waals surface area contributed by atoms with Crippen LogP contribution in [0.1, 0.15) is 20.3 Å². The van der Waals surface area contributed by atoms with E-state index in [9.17, 15) is 4.79 Å². The Kier molecular flexibility index (Phi) is 2.88. The molecule has 0 N–H and O–H groups in total. The first-order chi connectivity index (χ1) is 6.06. The minimum Gasteiger partial charge on any atom is -0.349 e. The van der Waals surface area contributed by atoms with Crippen molar-refractivity contribution in [1.29, 1.82) is 0 Å². The molecule has 74 valence electrons. The van der Waals surface area contributed by atoms with Crippen molar-refractivity contribution < 1.29 is 14.3 Å². The van der Waals surface area contributed by atoms with Crippen molar-refractivity contribution in [3.05, 3.63) is 11.6 Å². The molecule has 0 amide bonds. The van der Waals surface area contributed by atoms with Gasteiger partial charge in [-0.15, -0.1) is 0 Å². The fourth-order valence-electron chi connectivity index (χ4n) is 2.03. The Morgan fingerprint density at radius 3 is 2.38 bits per heavy atom. The van der Waals surface area contributed by atoms with E-state index in [2.05, 4.69) is 0 Å². The van der Waals surface area contributed by atoms with Gasteiger partial charge in [-0.2, -0.15) is 0 Å². The molecule has 1 atom stereocenters. The molecule has 0 fully saturated rings. The smallest absolute Gasteiger partial charge is 0.193 e. The van der Waals surface area contributed by atoms with E-state index in [1.54, 1.807) is 20.3 Å². The number of hydrogen-bond donors (Lipinski definition) is 0. The summed E-state index contributed by atoms with van der Waals surface area (Å²) in [5.41, 5.74) is 0.848. The molecular weight excluding hydrogens is 168 g/mol. The van der Waals surface area contributed by atoms with Crippen molar-refractivity contribution in [1.82, 2.24) is 0 Å². The van der Waals surface area contributed by atoms with E-state index >= 15 is 0 Å². The number of ketones is 1. The molecule has 1 aliphatic carbocycles. The average Bonchev–Trinajstić information content (AvgIpc) is 2.05. The first kappa shape index (κ1) is 10.4. The van der Waals surface area contributed by atoms with Crippen molar-refractivity contribution >= 4 is 5.78 Å². The lowest BCUT2D eigenvalue weighted by Gasteiger charge is -2.39. The standard InChI is InChI=1S/C10H16O3/c1-7-5-9(11)6-8(2)10(7,12-3)13-4/h5,8H,6H2,1-4H3/t8-/m0/s1. The van der Waals surface area contributed by atoms with E-state index in [4.69, 9.17) is 9.47 Å². The molecule has 0 bridgehead atoms. The van der Waals surface area contributed by atoms with Crippen molar-refractivity contribution in [2.45, 2.75) is 26.1 Å². The fourth-order valence-corrected chi connectivity index (χ4v) is 2.03. The lowest BCUT2D eigenvalue weighted by molar-refractivity contribution is -0.212. The Labute approximate surface area is 78.7 Å². The maximum atomic E-state index is 11.2. The molecule has 13 heavy (non-hydrogen) atoms. The number of allylic oxidation sites excluding steroid dienone is 1. The molecule has 0 heterocycles. The van der Waals surface area contributed by atoms with Crippen LogP contribution in [0.4, 0.5) is 0 Å². The van der Waals surface area contributed by atoms with Gasteiger partial charge in [0, 0.05) is 26.6 Å². The van der Waals surface area contributed by atoms with E-state index in [-0.39, 0.29) is 11.7 Å². The molecule has 1 rings (SSSR count). The maximum absolute atomic E-state index is 11.2. The van der Waals surface area contributed by atoms with Crippen molar-refractivity contribution in [3.8, 4) is 0 Å². The van der Waals surface area contributed by atoms with Gasteiger partial charge in [0.05, 0.1) is 0 Å². The number of hydrogen-bond acceptors (Lipinski definition) is 3. The van der Waals surface area contributed by atoms with E-state index in [0.29, 0.717) is 6.42 Å². The molecule has 1 aliphatic rings. The number of ether oxygens (including phenoxy) is 2. The third kappa shape index (κ3) is 1.54. The van der Waals surface area contributed by atoms with Crippen LogP contribution in [0.2, 0.25) is 0 Å². The van der Waals surface area contributed by atoms with Crippen LogP contribution in [-0.4, -0.2) is 25.8 Å². The summed E-state index contributed by atoms with van der Waals surface area (Å²) >= 11 is 0. The summed E-state index contributed by atoms with van der Waals surface area (Å²) < 4.78 is 10.7. The van der Waals surface area contributed by atoms with Crippen LogP contribution in [0.5, 0.6) is 0 Å². The number of carbonyl (C=O) groups excluding carboxylic acids is 1. The molecule has 0 aliphatic heterocycles. The minimum absolute atomic E-state index is 0.0694. The van der Waals surface area contributed by atoms with E-state index in [0.717, 1.165) is 5.57 Å². The molecule has 0 radical (unpaired) electrons. The Balaban J connectivity index is 3.06. The topological polar surface area (TPSA) is 35.5 Å². The van der Waals surface area contributed by atoms with E-state index < -0.39 is 5.79 Å². The van der Waals surface area contributed by atoms with Crippen LogP contribution in [0.25, 0.3) is 0 Å². The van der Waals surface area contributed by atoms with Crippen LogP contribution < -0.4 is 0 Å². The lowest BCUT2D eigenvalue weighted by atomic mass is 9.83. The highest BCUT2D eigenvalue weighted by Crippen LogP contribution is 2.36. The Morgan fingerprint density at radius 1 is 1.46 bits per heavy atom. The number of methoxy groups -OCH3 is 2. The Bertz CT molecular complexity index is 239. The summed E-state index contributed by atoms with van der Waals surface area (Å²) in [6.45, 7) is 3.82. The highest BCUT2D eigenvalue weighted by atomic mass is 16.7. The van der Waals surface area contributed by atoms with Crippen molar-refractivity contribution in [2.75, 3.05) is 14.2 Å². The number of rotatable bonds is 2. The van der Waals surface area contributed by atoms with Crippen LogP contribution >= 0.6 is 0 Å². The van der Waals surface area contributed by atoms with Gasteiger partial charge in [0.2, 0.25) is 0 Å². The second-order valence-corrected chi connectivity index (χ2v) is 3.47. The maximum Gasteiger partial charge on any atom is 0.193 e. The van der Waals surface area contributed by atoms with Gasteiger partial charge in [0.15, 0.2) is 11.6 Å². The van der Waals surface area contributed by atoms with Gasteiger partial charge in [-0.3, -0.25) is 4.79 Å². The van der Waals surface area contributed by atoms with Crippen molar-refractivity contribution in [3.63, 3.8) is 0 Å². The second kappa shape index (κ2) is 3.60. The minimum atomic E-state index is -0.700. The van der Waals surface area contributed by atoms with Crippen LogP contribution in [0.3, 0.4) is 0 Å². The third-order valence-corrected chi connectivity index (χ3v) is 2.69. The quantitative estimate of drug-likeness (QED) is 0.610. The molecule has 0 aromatic heterocycles. The number of carbonyl (C=O) groups is 1. The first-order valence-electron chi connectivity index (χ1n) is 4.38. The third-order valence-electron chi connectivity index (χ3n) is 2.69. The molecular formula is C10H16O3. The van der Waals surface area contributed by atoms with Crippen LogP contribution in [-0.2, 0) is 14.3 Å². The SMILES string of the molecule is COC1(OC)C(C)=CC(=O)C[C@@H]1C. The molecule has 0 spiro atoms. The van der Waals surface area contributed by atoms with Gasteiger partial charge >= 0.3 is 0 Å². The predicted octanol–water partition coefficient (Wildman–Crippen LogP) is 1.53. The summed E-state index contributed by atoms with van der Waals surface area (Å²) in [5, 5.41) is 0. The molecule has 0 aromatic carbocycles. The highest BCUT2D eigenvalue weighted by molar-refractivity contribution is 5.91. The highest BCUT2D eigenvalue weighted by Gasteiger charge is 2.42. The fraction of sp³-hybridized carbons (Fsp3) is 0.700. The van der Waals surface area contributed by atoms with Crippen LogP contribution in [0.15, 0.2) is 11.6 Å². The van der Waals surface area contributed by atoms with Crippen LogP contribution in [0, 0.1) is 5.92 Å². The molecule has 0 unspecified atom stereocenters. The predicted molar refractivity (Wildman–Crippen MR) is 49.3 cm³/mol. The van der Waals surface area contributed by atoms with Crippen molar-refractivity contribution in [2.24, 2.45) is 5.92 Å². The molecule has 0 saturated carbocycles. The van der Waals surface area contributed by atoms with E-state index in [1.807, 2.05) is 13.8 Å². The van der Waals surface area contributed by atoms with Gasteiger partial charge in [0.1, 0.15) is 0 Å². The summed E-state index contributed by atoms with van der Waals surface area (Å²) in [6, 6.07) is 0. The molecule has 0 saturated heterocycles. The van der Waals surface area contributed by atoms with Gasteiger partial charge in [0.25, 0.3) is 0 Å². The van der Waals surface area contributed by atoms with Gasteiger partial charge in [-0.25, -0.2) is 0 Å². The largest absolute Gasteiger partial charge is 0.349 e. The lowest BCUT2D eigenvalue weighted by Crippen LogP contribution is -2.45. The summed E-state index contributed by atoms with van der Waals surface area (Å²) in [6.07, 6.45) is 2.09. The zero-order chi connectivity index (χ0) is 10.1. The average molecular weight is 184 g/mol. The summed E-state index contributed by atoms with van der Waals surface area (Å²) in [5.74, 6) is -0.483. The molecule has 3 nitrogen and oxygen atoms in total. The zero-order valence-electron chi connectivity index (χ0n) is 8.59. The monoisotopic (exact) mass is 184 g/mol. The normalized spacial score (nSPS) is 27.2. The Morgan fingerprint density at radius 2 is 2.00 bits per heavy atom. The molecule has 0 aromatic rings. The van der Waals surface area contributed by atoms with Gasteiger partial charge in [-0.1, -0.05) is 6.92 Å². The second-order valence-electron chi connectivity index (χ2n) is 3.47. The summed E-state index contributed by atoms with van der Waals surface area (Å²) in [7, 11) is 3.21.